The van der Waals surface area contributed by atoms with Crippen LogP contribution in [0.1, 0.15) is 11.1 Å². The molecule has 0 aliphatic rings. The van der Waals surface area contributed by atoms with Gasteiger partial charge < -0.3 is 9.13 Å². The van der Waals surface area contributed by atoms with E-state index >= 15 is 0 Å². The maximum atomic E-state index is 11.4. The van der Waals surface area contributed by atoms with E-state index in [2.05, 4.69) is 95.8 Å². The first-order valence-corrected chi connectivity index (χ1v) is 17.4. The molecule has 0 amide bonds. The lowest BCUT2D eigenvalue weighted by Crippen LogP contribution is -2.06. The Morgan fingerprint density at radius 3 is 1.57 bits per heavy atom. The van der Waals surface area contributed by atoms with E-state index in [1.54, 1.807) is 36.9 Å². The lowest BCUT2D eigenvalue weighted by molar-refractivity contribution is 1.12. The van der Waals surface area contributed by atoms with Crippen molar-refractivity contribution in [3.05, 3.63) is 169 Å². The molecule has 0 bridgehead atoms. The number of hydrogen-bond donors (Lipinski definition) is 0. The van der Waals surface area contributed by atoms with Crippen molar-refractivity contribution in [3.8, 4) is 57.4 Å². The van der Waals surface area contributed by atoms with Crippen LogP contribution in [0.25, 0.3) is 88.9 Å². The van der Waals surface area contributed by atoms with Gasteiger partial charge in [-0.1, -0.05) is 54.6 Å². The smallest absolute Gasteiger partial charge is 0.159 e. The van der Waals surface area contributed by atoms with E-state index in [0.29, 0.717) is 22.8 Å². The number of nitriles is 2. The van der Waals surface area contributed by atoms with Crippen LogP contribution >= 0.6 is 0 Å². The Labute approximate surface area is 309 Å². The van der Waals surface area contributed by atoms with Gasteiger partial charge in [0.2, 0.25) is 0 Å². The SMILES string of the molecule is N#Cc1cccc(-c2ccc(-n3c4ccccc4c4cc(-c5ncccn5)ccc43)c(C#N)c2-n2c3ccccc3c3cc(-c4ncccn4)ccc32)c1. The third-order valence-electron chi connectivity index (χ3n) is 10.0. The first-order valence-electron chi connectivity index (χ1n) is 17.4. The van der Waals surface area contributed by atoms with Crippen molar-refractivity contribution >= 4 is 43.6 Å². The number of nitrogens with zero attached hydrogens (tertiary/aromatic N) is 8. The van der Waals surface area contributed by atoms with Crippen LogP contribution in [0.4, 0.5) is 0 Å². The lowest BCUT2D eigenvalue weighted by atomic mass is 9.97. The molecule has 0 saturated heterocycles. The highest BCUT2D eigenvalue weighted by Gasteiger charge is 2.24. The van der Waals surface area contributed by atoms with Crippen LogP contribution in [0.15, 0.2) is 158 Å². The molecule has 0 atom stereocenters. The molecule has 6 aromatic carbocycles. The van der Waals surface area contributed by atoms with Crippen molar-refractivity contribution < 1.29 is 0 Å². The molecule has 0 radical (unpaired) electrons. The quantitative estimate of drug-likeness (QED) is 0.178. The van der Waals surface area contributed by atoms with Crippen LogP contribution in [0.5, 0.6) is 0 Å². The van der Waals surface area contributed by atoms with E-state index < -0.39 is 0 Å². The third-order valence-corrected chi connectivity index (χ3v) is 10.0. The minimum Gasteiger partial charge on any atom is -0.308 e. The zero-order chi connectivity index (χ0) is 36.2. The molecule has 4 aromatic heterocycles. The van der Waals surface area contributed by atoms with Crippen LogP contribution in [-0.2, 0) is 0 Å². The zero-order valence-corrected chi connectivity index (χ0v) is 28.6. The van der Waals surface area contributed by atoms with E-state index in [-0.39, 0.29) is 0 Å². The Morgan fingerprint density at radius 2 is 0.981 bits per heavy atom. The highest BCUT2D eigenvalue weighted by molar-refractivity contribution is 6.12. The second-order valence-electron chi connectivity index (χ2n) is 13.0. The largest absolute Gasteiger partial charge is 0.308 e. The zero-order valence-electron chi connectivity index (χ0n) is 28.6. The van der Waals surface area contributed by atoms with E-state index in [1.807, 2.05) is 66.7 Å². The van der Waals surface area contributed by atoms with Crippen molar-refractivity contribution in [2.24, 2.45) is 0 Å². The summed E-state index contributed by atoms with van der Waals surface area (Å²) in [6, 6.07) is 49.2. The fourth-order valence-electron chi connectivity index (χ4n) is 7.72. The van der Waals surface area contributed by atoms with Crippen molar-refractivity contribution in [3.63, 3.8) is 0 Å². The molecule has 0 fully saturated rings. The van der Waals surface area contributed by atoms with Gasteiger partial charge in [0.1, 0.15) is 11.6 Å². The Morgan fingerprint density at radius 1 is 0.426 bits per heavy atom. The summed E-state index contributed by atoms with van der Waals surface area (Å²) in [7, 11) is 0. The van der Waals surface area contributed by atoms with Gasteiger partial charge in [0.25, 0.3) is 0 Å². The molecular formula is C46H26N8. The number of fused-ring (bicyclic) bond motifs is 6. The number of hydrogen-bond acceptors (Lipinski definition) is 6. The summed E-state index contributed by atoms with van der Waals surface area (Å²) < 4.78 is 4.37. The van der Waals surface area contributed by atoms with Crippen molar-refractivity contribution in [1.82, 2.24) is 29.1 Å². The van der Waals surface area contributed by atoms with E-state index in [9.17, 15) is 10.5 Å². The van der Waals surface area contributed by atoms with Gasteiger partial charge >= 0.3 is 0 Å². The highest BCUT2D eigenvalue weighted by Crippen LogP contribution is 2.43. The normalized spacial score (nSPS) is 11.3. The summed E-state index contributed by atoms with van der Waals surface area (Å²) in [5.41, 5.74) is 9.75. The molecule has 8 nitrogen and oxygen atoms in total. The monoisotopic (exact) mass is 690 g/mol. The minimum atomic E-state index is 0.492. The summed E-state index contributed by atoms with van der Waals surface area (Å²) in [5, 5.41) is 25.4. The summed E-state index contributed by atoms with van der Waals surface area (Å²) in [4.78, 5) is 18.0. The molecular weight excluding hydrogens is 665 g/mol. The molecule has 0 N–H and O–H groups in total. The predicted molar refractivity (Wildman–Crippen MR) is 212 cm³/mol. The van der Waals surface area contributed by atoms with Gasteiger partial charge in [0.05, 0.1) is 45.1 Å². The molecule has 0 aliphatic carbocycles. The Balaban J connectivity index is 1.31. The molecule has 10 aromatic rings. The van der Waals surface area contributed by atoms with Crippen LogP contribution < -0.4 is 0 Å². The van der Waals surface area contributed by atoms with Gasteiger partial charge in [0, 0.05) is 63.0 Å². The minimum absolute atomic E-state index is 0.492. The maximum absolute atomic E-state index is 11.4. The molecule has 54 heavy (non-hydrogen) atoms. The Bertz CT molecular complexity index is 3180. The van der Waals surface area contributed by atoms with Gasteiger partial charge in [-0.3, -0.25) is 0 Å². The lowest BCUT2D eigenvalue weighted by Gasteiger charge is -2.20. The van der Waals surface area contributed by atoms with Crippen molar-refractivity contribution in [2.45, 2.75) is 0 Å². The van der Waals surface area contributed by atoms with Gasteiger partial charge in [-0.25, -0.2) is 19.9 Å². The second kappa shape index (κ2) is 12.4. The molecule has 0 unspecified atom stereocenters. The van der Waals surface area contributed by atoms with Crippen molar-refractivity contribution in [1.29, 1.82) is 10.5 Å². The van der Waals surface area contributed by atoms with Gasteiger partial charge in [0.15, 0.2) is 11.6 Å². The van der Waals surface area contributed by atoms with Crippen molar-refractivity contribution in [2.75, 3.05) is 0 Å². The Kier molecular flexibility index (Phi) is 7.07. The number of benzene rings is 6. The van der Waals surface area contributed by atoms with E-state index in [4.69, 9.17) is 0 Å². The van der Waals surface area contributed by atoms with Crippen LogP contribution in [0.2, 0.25) is 0 Å². The fraction of sp³-hybridized carbons (Fsp3) is 0. The van der Waals surface area contributed by atoms with Gasteiger partial charge in [-0.2, -0.15) is 10.5 Å². The van der Waals surface area contributed by atoms with Gasteiger partial charge in [-0.15, -0.1) is 0 Å². The van der Waals surface area contributed by atoms with Crippen LogP contribution in [-0.4, -0.2) is 29.1 Å². The van der Waals surface area contributed by atoms with E-state index in [1.165, 1.54) is 0 Å². The first-order chi connectivity index (χ1) is 26.7. The molecule has 250 valence electrons. The third kappa shape index (κ3) is 4.76. The summed E-state index contributed by atoms with van der Waals surface area (Å²) in [5.74, 6) is 1.28. The summed E-state index contributed by atoms with van der Waals surface area (Å²) in [6.45, 7) is 0. The van der Waals surface area contributed by atoms with E-state index in [0.717, 1.165) is 77.2 Å². The molecule has 0 saturated carbocycles. The maximum Gasteiger partial charge on any atom is 0.159 e. The summed E-state index contributed by atoms with van der Waals surface area (Å²) >= 11 is 0. The number of para-hydroxylation sites is 2. The van der Waals surface area contributed by atoms with Crippen LogP contribution in [0, 0.1) is 22.7 Å². The highest BCUT2D eigenvalue weighted by atomic mass is 15.0. The average molecular weight is 691 g/mol. The molecule has 8 heteroatoms. The molecule has 4 heterocycles. The number of rotatable bonds is 5. The standard InChI is InChI=1S/C46H26N8/c47-27-29-8-5-9-30(24-29)33-16-19-43(53-39-12-3-1-10-34(39)36-25-31(14-17-41(36)53)45-49-20-6-21-50-45)38(28-48)44(33)54-40-13-4-2-11-35(40)37-26-32(15-18-42(37)54)46-51-22-7-23-52-46/h1-26H. The topological polar surface area (TPSA) is 109 Å². The molecule has 0 aliphatic heterocycles. The molecule has 0 spiro atoms. The van der Waals surface area contributed by atoms with Crippen LogP contribution in [0.3, 0.4) is 0 Å². The Hall–Kier alpha value is -7.94. The average Bonchev–Trinajstić information content (AvgIpc) is 3.75. The number of aromatic nitrogens is 6. The first kappa shape index (κ1) is 30.8. The molecule has 10 rings (SSSR count). The predicted octanol–water partition coefficient (Wildman–Crippen LogP) is 10.2. The fourth-order valence-corrected chi connectivity index (χ4v) is 7.72. The second-order valence-corrected chi connectivity index (χ2v) is 13.0. The summed E-state index contributed by atoms with van der Waals surface area (Å²) in [6.07, 6.45) is 6.98. The van der Waals surface area contributed by atoms with Gasteiger partial charge in [-0.05, 0) is 84.4 Å².